The SMILES string of the molecule is [B]C1CC(OP(=O)(OCCCOP(=O)(NC)OCCCOP(=O)(OCCCO)OOC)OOC)C(C)O1. The molecule has 1 aliphatic heterocycles. The highest BCUT2D eigenvalue weighted by Gasteiger charge is 2.39. The molecule has 2 N–H and O–H groups in total. The largest absolute Gasteiger partial charge is 0.502 e. The fourth-order valence-electron chi connectivity index (χ4n) is 2.71. The summed E-state index contributed by atoms with van der Waals surface area (Å²) in [6.45, 7) is 1.02. The highest BCUT2D eigenvalue weighted by atomic mass is 31.2. The van der Waals surface area contributed by atoms with Crippen LogP contribution in [0.5, 0.6) is 0 Å². The number of hydrogen-bond donors (Lipinski definition) is 2. The van der Waals surface area contributed by atoms with Crippen LogP contribution in [-0.2, 0) is 64.7 Å². The van der Waals surface area contributed by atoms with Gasteiger partial charge in [-0.05, 0) is 39.7 Å². The van der Waals surface area contributed by atoms with E-state index in [4.69, 9.17) is 49.5 Å². The van der Waals surface area contributed by atoms with Crippen molar-refractivity contribution < 1.29 is 69.8 Å². The summed E-state index contributed by atoms with van der Waals surface area (Å²) in [5.41, 5.74) is 0. The third-order valence-electron chi connectivity index (χ3n) is 4.40. The van der Waals surface area contributed by atoms with Crippen molar-refractivity contribution in [3.05, 3.63) is 0 Å². The predicted molar refractivity (Wildman–Crippen MR) is 128 cm³/mol. The summed E-state index contributed by atoms with van der Waals surface area (Å²) < 4.78 is 83.5. The van der Waals surface area contributed by atoms with E-state index in [1.54, 1.807) is 6.92 Å². The normalized spacial score (nSPS) is 24.9. The minimum atomic E-state index is -4.08. The number of phosphoric acid groups is 2. The monoisotopic (exact) mass is 599 g/mol. The predicted octanol–water partition coefficient (Wildman–Crippen LogP) is 2.62. The van der Waals surface area contributed by atoms with Gasteiger partial charge in [-0.15, -0.1) is 9.35 Å². The lowest BCUT2D eigenvalue weighted by molar-refractivity contribution is -0.204. The Morgan fingerprint density at radius 3 is 1.81 bits per heavy atom. The van der Waals surface area contributed by atoms with E-state index in [0.29, 0.717) is 6.42 Å². The standard InChI is InChI=1S/C17H37BNO15P3/c1-15-16(14-17(18)31-15)32-37(23,34-25-4)30-13-7-11-27-35(21,19-2)26-10-6-12-29-36(22,33-24-3)28-9-5-8-20/h15-17,20H,5-14H2,1-4H3,(H,19,21). The lowest BCUT2D eigenvalue weighted by Crippen LogP contribution is -2.21. The average molecular weight is 599 g/mol. The molecule has 0 aromatic rings. The summed E-state index contributed by atoms with van der Waals surface area (Å²) in [5, 5.41) is 11.2. The van der Waals surface area contributed by atoms with Gasteiger partial charge in [0.15, 0.2) is 0 Å². The van der Waals surface area contributed by atoms with Crippen molar-refractivity contribution in [1.82, 2.24) is 5.09 Å². The molecule has 0 aliphatic carbocycles. The quantitative estimate of drug-likeness (QED) is 0.0574. The Morgan fingerprint density at radius 1 is 0.865 bits per heavy atom. The summed E-state index contributed by atoms with van der Waals surface area (Å²) in [4.78, 5) is 8.84. The van der Waals surface area contributed by atoms with Crippen molar-refractivity contribution in [2.24, 2.45) is 0 Å². The molecule has 1 fully saturated rings. The van der Waals surface area contributed by atoms with Gasteiger partial charge in [0.2, 0.25) is 0 Å². The highest BCUT2D eigenvalue weighted by molar-refractivity contribution is 7.51. The van der Waals surface area contributed by atoms with Crippen LogP contribution in [0.4, 0.5) is 0 Å². The maximum atomic E-state index is 12.7. The number of nitrogens with one attached hydrogen (secondary N) is 1. The van der Waals surface area contributed by atoms with Crippen LogP contribution in [0, 0.1) is 0 Å². The molecule has 0 aromatic heterocycles. The van der Waals surface area contributed by atoms with Gasteiger partial charge in [-0.3, -0.25) is 27.1 Å². The average Bonchev–Trinajstić information content (AvgIpc) is 3.15. The lowest BCUT2D eigenvalue weighted by atomic mass is 9.96. The van der Waals surface area contributed by atoms with E-state index in [1.807, 2.05) is 0 Å². The van der Waals surface area contributed by atoms with Crippen LogP contribution in [0.2, 0.25) is 0 Å². The fourth-order valence-corrected chi connectivity index (χ4v) is 6.10. The first-order valence-corrected chi connectivity index (χ1v) is 15.9. The van der Waals surface area contributed by atoms with Crippen molar-refractivity contribution in [3.8, 4) is 0 Å². The van der Waals surface area contributed by atoms with Gasteiger partial charge in [0.25, 0.3) is 0 Å². The summed E-state index contributed by atoms with van der Waals surface area (Å²) in [5.74, 6) is 0. The van der Waals surface area contributed by atoms with Gasteiger partial charge >= 0.3 is 23.4 Å². The molecule has 2 radical (unpaired) electrons. The van der Waals surface area contributed by atoms with Crippen molar-refractivity contribution in [3.63, 3.8) is 0 Å². The number of hydrogen-bond acceptors (Lipinski definition) is 15. The molecule has 1 heterocycles. The Kier molecular flexibility index (Phi) is 17.7. The fraction of sp³-hybridized carbons (Fsp3) is 1.00. The smallest absolute Gasteiger partial charge is 0.396 e. The minimum absolute atomic E-state index is 0.0679. The summed E-state index contributed by atoms with van der Waals surface area (Å²) in [7, 11) is -2.37. The van der Waals surface area contributed by atoms with E-state index >= 15 is 0 Å². The van der Waals surface area contributed by atoms with E-state index in [0.717, 1.165) is 14.2 Å². The van der Waals surface area contributed by atoms with E-state index in [-0.39, 0.29) is 58.9 Å². The first kappa shape index (κ1) is 35.3. The van der Waals surface area contributed by atoms with Crippen molar-refractivity contribution in [2.45, 2.75) is 50.8 Å². The number of ether oxygens (including phenoxy) is 1. The van der Waals surface area contributed by atoms with Crippen molar-refractivity contribution in [2.75, 3.05) is 60.9 Å². The molecule has 16 nitrogen and oxygen atoms in total. The molecule has 6 atom stereocenters. The second-order valence-corrected chi connectivity index (χ2v) is 12.3. The lowest BCUT2D eigenvalue weighted by Gasteiger charge is -2.21. The van der Waals surface area contributed by atoms with Crippen LogP contribution in [0.15, 0.2) is 0 Å². The maximum absolute atomic E-state index is 12.7. The number of rotatable bonds is 23. The molecule has 1 rings (SSSR count). The molecule has 0 saturated carbocycles. The molecule has 0 bridgehead atoms. The summed E-state index contributed by atoms with van der Waals surface area (Å²) in [6.07, 6.45) is -0.205. The van der Waals surface area contributed by atoms with Gasteiger partial charge < -0.3 is 9.84 Å². The molecular formula is C17H37BNO15P3. The van der Waals surface area contributed by atoms with Crippen LogP contribution in [0.1, 0.15) is 32.6 Å². The van der Waals surface area contributed by atoms with Gasteiger partial charge in [0.1, 0.15) is 7.85 Å². The molecule has 20 heteroatoms. The first-order chi connectivity index (χ1) is 17.5. The van der Waals surface area contributed by atoms with E-state index < -0.39 is 41.6 Å². The highest BCUT2D eigenvalue weighted by Crippen LogP contribution is 2.53. The minimum Gasteiger partial charge on any atom is -0.396 e. The maximum Gasteiger partial charge on any atom is 0.502 e. The molecule has 0 spiro atoms. The topological polar surface area (TPSA) is 185 Å². The Hall–Kier alpha value is 0.235. The van der Waals surface area contributed by atoms with Crippen LogP contribution in [0.3, 0.4) is 0 Å². The van der Waals surface area contributed by atoms with Gasteiger partial charge in [0.05, 0.1) is 59.5 Å². The number of phosphoric ester groups is 2. The Bertz CT molecular complexity index is 765. The number of aliphatic hydroxyl groups excluding tert-OH is 1. The molecule has 1 aliphatic rings. The summed E-state index contributed by atoms with van der Waals surface area (Å²) in [6, 6.07) is -0.556. The first-order valence-electron chi connectivity index (χ1n) is 11.4. The second-order valence-electron chi connectivity index (χ2n) is 7.31. The van der Waals surface area contributed by atoms with Crippen LogP contribution >= 0.6 is 23.4 Å². The molecule has 0 aromatic carbocycles. The Morgan fingerprint density at radius 2 is 1.35 bits per heavy atom. The van der Waals surface area contributed by atoms with E-state index in [2.05, 4.69) is 19.5 Å². The van der Waals surface area contributed by atoms with E-state index in [1.165, 1.54) is 7.05 Å². The van der Waals surface area contributed by atoms with Crippen molar-refractivity contribution in [1.29, 1.82) is 0 Å². The van der Waals surface area contributed by atoms with Crippen LogP contribution < -0.4 is 5.09 Å². The zero-order valence-electron chi connectivity index (χ0n) is 21.4. The van der Waals surface area contributed by atoms with E-state index in [9.17, 15) is 13.7 Å². The zero-order valence-corrected chi connectivity index (χ0v) is 24.1. The second kappa shape index (κ2) is 18.6. The van der Waals surface area contributed by atoms with Crippen LogP contribution in [0.25, 0.3) is 0 Å². The molecule has 1 saturated heterocycles. The molecule has 37 heavy (non-hydrogen) atoms. The third kappa shape index (κ3) is 14.4. The Labute approximate surface area is 218 Å². The molecule has 218 valence electrons. The Balaban J connectivity index is 2.36. The van der Waals surface area contributed by atoms with Crippen LogP contribution in [-0.4, -0.2) is 92.1 Å². The number of aliphatic hydroxyl groups is 1. The molecule has 6 unspecified atom stereocenters. The van der Waals surface area contributed by atoms with Gasteiger partial charge in [0, 0.05) is 12.6 Å². The molecule has 0 amide bonds. The van der Waals surface area contributed by atoms with Gasteiger partial charge in [-0.25, -0.2) is 28.6 Å². The van der Waals surface area contributed by atoms with Gasteiger partial charge in [-0.1, -0.05) is 0 Å². The van der Waals surface area contributed by atoms with Crippen molar-refractivity contribution >= 4 is 31.2 Å². The third-order valence-corrected chi connectivity index (χ3v) is 8.68. The molecular weight excluding hydrogens is 562 g/mol. The zero-order chi connectivity index (χ0) is 27.8. The van der Waals surface area contributed by atoms with Gasteiger partial charge in [-0.2, -0.15) is 0 Å². The summed E-state index contributed by atoms with van der Waals surface area (Å²) >= 11 is 0.